The van der Waals surface area contributed by atoms with Crippen LogP contribution >= 0.6 is 0 Å². The fourth-order valence-electron chi connectivity index (χ4n) is 0.378. The van der Waals surface area contributed by atoms with Gasteiger partial charge in [0.1, 0.15) is 0 Å². The lowest BCUT2D eigenvalue weighted by Crippen LogP contribution is -1.64. The molecule has 0 saturated carbocycles. The fraction of sp³-hybridized carbons (Fsp3) is 0.667. The highest BCUT2D eigenvalue weighted by atomic mass is 14.3. The van der Waals surface area contributed by atoms with Crippen molar-refractivity contribution >= 4 is 5.87 Å². The summed E-state index contributed by atoms with van der Waals surface area (Å²) in [6.07, 6.45) is 5.16. The van der Waals surface area contributed by atoms with E-state index in [9.17, 15) is 0 Å². The highest BCUT2D eigenvalue weighted by Gasteiger charge is 1.73. The van der Waals surface area contributed by atoms with Gasteiger partial charge in [0.05, 0.1) is 0 Å². The van der Waals surface area contributed by atoms with Gasteiger partial charge in [0.15, 0.2) is 0 Å². The normalized spacial score (nSPS) is 7.57. The van der Waals surface area contributed by atoms with Crippen LogP contribution in [0.15, 0.2) is 6.08 Å². The number of nitrogens with one attached hydrogen (secondary N) is 1. The molecule has 40 valence electrons. The molecule has 0 fully saturated rings. The van der Waals surface area contributed by atoms with Crippen molar-refractivity contribution in [2.24, 2.45) is 0 Å². The molecule has 0 aromatic carbocycles. The van der Waals surface area contributed by atoms with E-state index in [1.165, 1.54) is 12.8 Å². The minimum Gasteiger partial charge on any atom is -0.259 e. The van der Waals surface area contributed by atoms with Crippen LogP contribution in [0.25, 0.3) is 0 Å². The molecule has 0 bridgehead atoms. The van der Waals surface area contributed by atoms with E-state index < -0.39 is 0 Å². The van der Waals surface area contributed by atoms with Gasteiger partial charge in [0.2, 0.25) is 0 Å². The number of hydrogen-bond acceptors (Lipinski definition) is 1. The lowest BCUT2D eigenvalue weighted by Gasteiger charge is -1.81. The van der Waals surface area contributed by atoms with E-state index in [1.807, 2.05) is 0 Å². The minimum absolute atomic E-state index is 1.01. The van der Waals surface area contributed by atoms with Crippen LogP contribution in [0.2, 0.25) is 0 Å². The van der Waals surface area contributed by atoms with Crippen molar-refractivity contribution in [2.75, 3.05) is 0 Å². The Morgan fingerprint density at radius 2 is 2.43 bits per heavy atom. The van der Waals surface area contributed by atoms with Crippen LogP contribution in [0, 0.1) is 5.41 Å². The molecule has 0 aromatic heterocycles. The highest BCUT2D eigenvalue weighted by Crippen LogP contribution is 1.91. The molecule has 0 aliphatic rings. The molecule has 1 heteroatoms. The monoisotopic (exact) mass is 97.1 g/mol. The Labute approximate surface area is 44.6 Å². The van der Waals surface area contributed by atoms with E-state index in [1.54, 1.807) is 6.08 Å². The number of allylic oxidation sites excluding steroid dienone is 1. The average Bonchev–Trinajstić information content (AvgIpc) is 1.69. The minimum atomic E-state index is 1.01. The molecule has 0 aromatic rings. The first kappa shape index (κ1) is 6.45. The Balaban J connectivity index is 2.83. The van der Waals surface area contributed by atoms with Crippen molar-refractivity contribution in [3.05, 3.63) is 6.08 Å². The average molecular weight is 97.2 g/mol. The smallest absolute Gasteiger partial charge is 0.0234 e. The van der Waals surface area contributed by atoms with Crippen molar-refractivity contribution in [3.8, 4) is 0 Å². The third kappa shape index (κ3) is 5.45. The van der Waals surface area contributed by atoms with Crippen molar-refractivity contribution in [3.63, 3.8) is 0 Å². The number of unbranched alkanes of at least 4 members (excludes halogenated alkanes) is 2. The zero-order chi connectivity index (χ0) is 5.54. The number of rotatable bonds is 3. The molecule has 0 aliphatic carbocycles. The van der Waals surface area contributed by atoms with Crippen LogP contribution in [0.1, 0.15) is 26.2 Å². The summed E-state index contributed by atoms with van der Waals surface area (Å²) in [6, 6.07) is 0. The first-order chi connectivity index (χ1) is 3.41. The van der Waals surface area contributed by atoms with Gasteiger partial charge in [-0.2, -0.15) is 0 Å². The molecule has 0 saturated heterocycles. The summed E-state index contributed by atoms with van der Waals surface area (Å²) >= 11 is 0. The van der Waals surface area contributed by atoms with Crippen molar-refractivity contribution in [2.45, 2.75) is 26.2 Å². The maximum Gasteiger partial charge on any atom is -0.0234 e. The van der Waals surface area contributed by atoms with Gasteiger partial charge in [0, 0.05) is 0 Å². The second kappa shape index (κ2) is 5.45. The lowest BCUT2D eigenvalue weighted by molar-refractivity contribution is 0.817. The molecule has 1 nitrogen and oxygen atoms in total. The Morgan fingerprint density at radius 1 is 1.71 bits per heavy atom. The first-order valence-electron chi connectivity index (χ1n) is 2.65. The van der Waals surface area contributed by atoms with E-state index in [-0.39, 0.29) is 0 Å². The van der Waals surface area contributed by atoms with Gasteiger partial charge in [-0.3, -0.25) is 5.41 Å². The van der Waals surface area contributed by atoms with E-state index in [2.05, 4.69) is 12.8 Å². The fourth-order valence-corrected chi connectivity index (χ4v) is 0.378. The SMILES string of the molecule is CCCCC=C=N. The maximum absolute atomic E-state index is 6.48. The van der Waals surface area contributed by atoms with Crippen molar-refractivity contribution in [1.82, 2.24) is 0 Å². The molecular weight excluding hydrogens is 86.1 g/mol. The zero-order valence-electron chi connectivity index (χ0n) is 4.70. The van der Waals surface area contributed by atoms with E-state index in [0.29, 0.717) is 0 Å². The third-order valence-corrected chi connectivity index (χ3v) is 0.804. The standard InChI is InChI=1S/C6H11N/c1-2-3-4-5-6-7/h5,7H,2-4H2,1H3. The van der Waals surface area contributed by atoms with Crippen molar-refractivity contribution < 1.29 is 0 Å². The van der Waals surface area contributed by atoms with Crippen LogP contribution in [0.3, 0.4) is 0 Å². The number of hydrogen-bond donors (Lipinski definition) is 1. The van der Waals surface area contributed by atoms with Gasteiger partial charge < -0.3 is 0 Å². The Morgan fingerprint density at radius 3 is 2.86 bits per heavy atom. The van der Waals surface area contributed by atoms with Crippen LogP contribution in [-0.2, 0) is 0 Å². The van der Waals surface area contributed by atoms with E-state index in [0.717, 1.165) is 6.42 Å². The van der Waals surface area contributed by atoms with Gasteiger partial charge in [-0.05, 0) is 24.8 Å². The van der Waals surface area contributed by atoms with Gasteiger partial charge in [-0.25, -0.2) is 0 Å². The Kier molecular flexibility index (Phi) is 5.02. The molecule has 0 heterocycles. The molecular formula is C6H11N. The third-order valence-electron chi connectivity index (χ3n) is 0.804. The molecule has 1 N–H and O–H groups in total. The Hall–Kier alpha value is -0.550. The summed E-state index contributed by atoms with van der Waals surface area (Å²) < 4.78 is 0. The zero-order valence-corrected chi connectivity index (χ0v) is 4.70. The summed E-state index contributed by atoms with van der Waals surface area (Å²) in [5.74, 6) is 2.23. The van der Waals surface area contributed by atoms with Crippen LogP contribution in [-0.4, -0.2) is 5.87 Å². The highest BCUT2D eigenvalue weighted by molar-refractivity contribution is 5.46. The second-order valence-electron chi connectivity index (χ2n) is 1.49. The summed E-state index contributed by atoms with van der Waals surface area (Å²) in [5, 5.41) is 6.48. The molecule has 7 heavy (non-hydrogen) atoms. The predicted molar refractivity (Wildman–Crippen MR) is 31.8 cm³/mol. The van der Waals surface area contributed by atoms with Gasteiger partial charge >= 0.3 is 0 Å². The van der Waals surface area contributed by atoms with Gasteiger partial charge in [-0.1, -0.05) is 13.3 Å². The summed E-state index contributed by atoms with van der Waals surface area (Å²) in [5.41, 5.74) is 0. The van der Waals surface area contributed by atoms with Gasteiger partial charge in [0.25, 0.3) is 0 Å². The van der Waals surface area contributed by atoms with Crippen LogP contribution < -0.4 is 0 Å². The molecule has 0 atom stereocenters. The van der Waals surface area contributed by atoms with Crippen LogP contribution in [0.5, 0.6) is 0 Å². The maximum atomic E-state index is 6.48. The lowest BCUT2D eigenvalue weighted by atomic mass is 10.2. The molecule has 0 radical (unpaired) electrons. The summed E-state index contributed by atoms with van der Waals surface area (Å²) in [4.78, 5) is 0. The van der Waals surface area contributed by atoms with E-state index >= 15 is 0 Å². The molecule has 0 unspecified atom stereocenters. The van der Waals surface area contributed by atoms with Gasteiger partial charge in [-0.15, -0.1) is 0 Å². The summed E-state index contributed by atoms with van der Waals surface area (Å²) in [7, 11) is 0. The molecule has 0 amide bonds. The Bertz CT molecular complexity index is 70.2. The predicted octanol–water partition coefficient (Wildman–Crippen LogP) is 1.98. The quantitative estimate of drug-likeness (QED) is 0.411. The van der Waals surface area contributed by atoms with Crippen molar-refractivity contribution in [1.29, 1.82) is 5.41 Å². The summed E-state index contributed by atoms with van der Waals surface area (Å²) in [6.45, 7) is 2.14. The second-order valence-corrected chi connectivity index (χ2v) is 1.49. The van der Waals surface area contributed by atoms with E-state index in [4.69, 9.17) is 5.41 Å². The molecule has 0 aliphatic heterocycles. The topological polar surface area (TPSA) is 23.9 Å². The van der Waals surface area contributed by atoms with Crippen LogP contribution in [0.4, 0.5) is 0 Å². The molecule has 0 spiro atoms. The largest absolute Gasteiger partial charge is 0.259 e. The first-order valence-corrected chi connectivity index (χ1v) is 2.65. The molecule has 0 rings (SSSR count).